The van der Waals surface area contributed by atoms with Crippen molar-refractivity contribution in [3.63, 3.8) is 0 Å². The standard InChI is InChI=1S/C30H38N2O7/c1-8-35-27(33)30(6,7)38-25-15-14-23(18-22(25)19-31-28(34)39-29(3,4)5)36-17-16-24-20(2)37-26(32-24)21-12-10-9-11-13-21/h9-15,18H,8,16-17,19H2,1-7H3,(H,31,34). The van der Waals surface area contributed by atoms with Gasteiger partial charge in [-0.3, -0.25) is 0 Å². The molecule has 0 aliphatic carbocycles. The van der Waals surface area contributed by atoms with Crippen LogP contribution < -0.4 is 14.8 Å². The van der Waals surface area contributed by atoms with Gasteiger partial charge in [0.1, 0.15) is 22.9 Å². The molecular formula is C30H38N2O7. The second kappa shape index (κ2) is 12.7. The van der Waals surface area contributed by atoms with Crippen LogP contribution in [0.2, 0.25) is 0 Å². The first-order valence-corrected chi connectivity index (χ1v) is 13.0. The van der Waals surface area contributed by atoms with Crippen LogP contribution in [0.15, 0.2) is 52.9 Å². The number of aryl methyl sites for hydroxylation is 1. The van der Waals surface area contributed by atoms with Crippen molar-refractivity contribution >= 4 is 12.1 Å². The third-order valence-corrected chi connectivity index (χ3v) is 5.51. The van der Waals surface area contributed by atoms with Crippen LogP contribution >= 0.6 is 0 Å². The molecule has 9 nitrogen and oxygen atoms in total. The van der Waals surface area contributed by atoms with Crippen molar-refractivity contribution in [1.29, 1.82) is 0 Å². The quantitative estimate of drug-likeness (QED) is 0.295. The third-order valence-electron chi connectivity index (χ3n) is 5.51. The summed E-state index contributed by atoms with van der Waals surface area (Å²) >= 11 is 0. The topological polar surface area (TPSA) is 109 Å². The SMILES string of the molecule is CCOC(=O)C(C)(C)Oc1ccc(OCCc2nc(-c3ccccc3)oc2C)cc1CNC(=O)OC(C)(C)C. The molecule has 210 valence electrons. The summed E-state index contributed by atoms with van der Waals surface area (Å²) in [4.78, 5) is 29.3. The number of carbonyl (C=O) groups is 2. The molecule has 1 heterocycles. The number of oxazole rings is 1. The first-order chi connectivity index (χ1) is 18.4. The Morgan fingerprint density at radius 1 is 1.03 bits per heavy atom. The van der Waals surface area contributed by atoms with E-state index in [1.807, 2.05) is 37.3 Å². The van der Waals surface area contributed by atoms with Gasteiger partial charge in [-0.1, -0.05) is 18.2 Å². The summed E-state index contributed by atoms with van der Waals surface area (Å²) in [6.45, 7) is 12.9. The zero-order chi connectivity index (χ0) is 28.6. The molecule has 3 aromatic rings. The second-order valence-corrected chi connectivity index (χ2v) is 10.4. The van der Waals surface area contributed by atoms with Crippen molar-refractivity contribution in [3.8, 4) is 23.0 Å². The van der Waals surface area contributed by atoms with Gasteiger partial charge in [-0.2, -0.15) is 0 Å². The maximum absolute atomic E-state index is 12.4. The molecule has 0 saturated carbocycles. The summed E-state index contributed by atoms with van der Waals surface area (Å²) in [5.74, 6) is 1.81. The highest BCUT2D eigenvalue weighted by Crippen LogP contribution is 2.29. The Balaban J connectivity index is 1.72. The molecule has 0 atom stereocenters. The van der Waals surface area contributed by atoms with Gasteiger partial charge in [-0.15, -0.1) is 0 Å². The van der Waals surface area contributed by atoms with Gasteiger partial charge in [0.05, 0.1) is 18.9 Å². The molecule has 1 aromatic heterocycles. The Labute approximate surface area is 229 Å². The Hall–Kier alpha value is -4.01. The summed E-state index contributed by atoms with van der Waals surface area (Å²) < 4.78 is 28.4. The van der Waals surface area contributed by atoms with Gasteiger partial charge in [0.2, 0.25) is 5.89 Å². The fourth-order valence-corrected chi connectivity index (χ4v) is 3.62. The third kappa shape index (κ3) is 8.77. The number of hydrogen-bond acceptors (Lipinski definition) is 8. The fourth-order valence-electron chi connectivity index (χ4n) is 3.62. The van der Waals surface area contributed by atoms with Crippen molar-refractivity contribution in [2.45, 2.75) is 72.6 Å². The number of alkyl carbamates (subject to hydrolysis) is 1. The molecule has 0 saturated heterocycles. The fraction of sp³-hybridized carbons (Fsp3) is 0.433. The van der Waals surface area contributed by atoms with Crippen LogP contribution in [0.3, 0.4) is 0 Å². The number of nitrogens with one attached hydrogen (secondary N) is 1. The first kappa shape index (κ1) is 29.5. The average Bonchev–Trinajstić information content (AvgIpc) is 3.23. The summed E-state index contributed by atoms with van der Waals surface area (Å²) in [5.41, 5.74) is 0.465. The molecule has 3 rings (SSSR count). The summed E-state index contributed by atoms with van der Waals surface area (Å²) in [5, 5.41) is 2.74. The van der Waals surface area contributed by atoms with E-state index in [9.17, 15) is 9.59 Å². The zero-order valence-electron chi connectivity index (χ0n) is 23.8. The van der Waals surface area contributed by atoms with E-state index in [-0.39, 0.29) is 13.2 Å². The van der Waals surface area contributed by atoms with Crippen LogP contribution in [-0.4, -0.2) is 41.5 Å². The van der Waals surface area contributed by atoms with Gasteiger partial charge in [-0.05, 0) is 78.8 Å². The van der Waals surface area contributed by atoms with Crippen molar-refractivity contribution in [2.75, 3.05) is 13.2 Å². The van der Waals surface area contributed by atoms with Crippen LogP contribution in [0, 0.1) is 6.92 Å². The largest absolute Gasteiger partial charge is 0.493 e. The van der Waals surface area contributed by atoms with E-state index in [1.165, 1.54) is 0 Å². The second-order valence-electron chi connectivity index (χ2n) is 10.4. The Bertz CT molecular complexity index is 1260. The highest BCUT2D eigenvalue weighted by molar-refractivity contribution is 5.79. The van der Waals surface area contributed by atoms with E-state index >= 15 is 0 Å². The van der Waals surface area contributed by atoms with Crippen molar-refractivity contribution in [3.05, 3.63) is 65.5 Å². The number of hydrogen-bond donors (Lipinski definition) is 1. The molecule has 0 aliphatic heterocycles. The number of rotatable bonds is 11. The lowest BCUT2D eigenvalue weighted by atomic mass is 10.1. The lowest BCUT2D eigenvalue weighted by Gasteiger charge is -2.26. The van der Waals surface area contributed by atoms with Gasteiger partial charge in [0.25, 0.3) is 0 Å². The molecule has 39 heavy (non-hydrogen) atoms. The molecule has 0 radical (unpaired) electrons. The van der Waals surface area contributed by atoms with E-state index in [2.05, 4.69) is 10.3 Å². The van der Waals surface area contributed by atoms with Gasteiger partial charge < -0.3 is 28.7 Å². The molecular weight excluding hydrogens is 500 g/mol. The minimum Gasteiger partial charge on any atom is -0.493 e. The van der Waals surface area contributed by atoms with E-state index in [0.717, 1.165) is 17.0 Å². The molecule has 9 heteroatoms. The predicted molar refractivity (Wildman–Crippen MR) is 147 cm³/mol. The first-order valence-electron chi connectivity index (χ1n) is 13.0. The maximum Gasteiger partial charge on any atom is 0.407 e. The summed E-state index contributed by atoms with van der Waals surface area (Å²) in [6, 6.07) is 14.9. The van der Waals surface area contributed by atoms with Crippen LogP contribution in [0.4, 0.5) is 4.79 Å². The molecule has 0 bridgehead atoms. The average molecular weight is 539 g/mol. The lowest BCUT2D eigenvalue weighted by molar-refractivity contribution is -0.158. The van der Waals surface area contributed by atoms with Gasteiger partial charge >= 0.3 is 12.1 Å². The van der Waals surface area contributed by atoms with E-state index < -0.39 is 23.3 Å². The number of carbonyl (C=O) groups excluding carboxylic acids is 2. The number of esters is 1. The molecule has 1 amide bonds. The smallest absolute Gasteiger partial charge is 0.407 e. The highest BCUT2D eigenvalue weighted by Gasteiger charge is 2.32. The summed E-state index contributed by atoms with van der Waals surface area (Å²) in [7, 11) is 0. The van der Waals surface area contributed by atoms with Crippen molar-refractivity contribution < 1.29 is 33.0 Å². The maximum atomic E-state index is 12.4. The molecule has 0 aliphatic rings. The highest BCUT2D eigenvalue weighted by atomic mass is 16.6. The molecule has 0 fully saturated rings. The van der Waals surface area contributed by atoms with Gasteiger partial charge in [0.15, 0.2) is 5.60 Å². The van der Waals surface area contributed by atoms with Crippen LogP contribution in [0.5, 0.6) is 11.5 Å². The Morgan fingerprint density at radius 3 is 2.41 bits per heavy atom. The molecule has 1 N–H and O–H groups in total. The van der Waals surface area contributed by atoms with Gasteiger partial charge in [-0.25, -0.2) is 14.6 Å². The van der Waals surface area contributed by atoms with E-state index in [4.69, 9.17) is 23.4 Å². The summed E-state index contributed by atoms with van der Waals surface area (Å²) in [6.07, 6.45) is -0.0259. The number of benzene rings is 2. The van der Waals surface area contributed by atoms with E-state index in [0.29, 0.717) is 36.0 Å². The number of nitrogens with zero attached hydrogens (tertiary/aromatic N) is 1. The van der Waals surface area contributed by atoms with Gasteiger partial charge in [0, 0.05) is 24.1 Å². The molecule has 0 unspecified atom stereocenters. The lowest BCUT2D eigenvalue weighted by Crippen LogP contribution is -2.40. The minimum absolute atomic E-state index is 0.100. The van der Waals surface area contributed by atoms with E-state index in [1.54, 1.807) is 59.7 Å². The molecule has 0 spiro atoms. The number of ether oxygens (including phenoxy) is 4. The molecule has 2 aromatic carbocycles. The van der Waals surface area contributed by atoms with Crippen molar-refractivity contribution in [1.82, 2.24) is 10.3 Å². The monoisotopic (exact) mass is 538 g/mol. The minimum atomic E-state index is -1.24. The number of amides is 1. The van der Waals surface area contributed by atoms with Crippen LogP contribution in [0.25, 0.3) is 11.5 Å². The van der Waals surface area contributed by atoms with Crippen LogP contribution in [-0.2, 0) is 27.2 Å². The van der Waals surface area contributed by atoms with Crippen molar-refractivity contribution in [2.24, 2.45) is 0 Å². The van der Waals surface area contributed by atoms with Crippen LogP contribution in [0.1, 0.15) is 58.6 Å². The zero-order valence-corrected chi connectivity index (χ0v) is 23.8. The predicted octanol–water partition coefficient (Wildman–Crippen LogP) is 6.02. The Kier molecular flexibility index (Phi) is 9.61. The normalized spacial score (nSPS) is 11.6. The number of aromatic nitrogens is 1. The Morgan fingerprint density at radius 2 is 1.74 bits per heavy atom.